The van der Waals surface area contributed by atoms with E-state index in [-0.39, 0.29) is 24.2 Å². The van der Waals surface area contributed by atoms with Gasteiger partial charge in [-0.15, -0.1) is 12.4 Å². The van der Waals surface area contributed by atoms with Crippen molar-refractivity contribution in [2.45, 2.75) is 13.1 Å². The van der Waals surface area contributed by atoms with Gasteiger partial charge in [-0.1, -0.05) is 13.0 Å². The van der Waals surface area contributed by atoms with Crippen molar-refractivity contribution in [2.24, 2.45) is 11.7 Å². The van der Waals surface area contributed by atoms with Crippen LogP contribution in [0.15, 0.2) is 36.5 Å². The van der Waals surface area contributed by atoms with Gasteiger partial charge in [-0.05, 0) is 36.7 Å². The van der Waals surface area contributed by atoms with Gasteiger partial charge in [0, 0.05) is 18.3 Å². The van der Waals surface area contributed by atoms with Crippen molar-refractivity contribution >= 4 is 18.3 Å². The molecule has 1 amide bonds. The maximum atomic E-state index is 12.6. The zero-order chi connectivity index (χ0) is 17.0. The molecule has 1 aromatic carbocycles. The lowest BCUT2D eigenvalue weighted by Crippen LogP contribution is -2.31. The molecule has 3 N–H and O–H groups in total. The van der Waals surface area contributed by atoms with E-state index in [0.717, 1.165) is 10.7 Å². The number of nitrogens with two attached hydrogens (primary N) is 1. The number of nitrogens with zero attached hydrogens (tertiary/aromatic N) is 2. The van der Waals surface area contributed by atoms with E-state index in [2.05, 4.69) is 10.4 Å². The zero-order valence-corrected chi connectivity index (χ0v) is 13.7. The van der Waals surface area contributed by atoms with Crippen molar-refractivity contribution in [3.05, 3.63) is 47.8 Å². The Balaban J connectivity index is 0.00000288. The van der Waals surface area contributed by atoms with Crippen LogP contribution in [0.1, 0.15) is 23.0 Å². The van der Waals surface area contributed by atoms with Crippen molar-refractivity contribution in [1.82, 2.24) is 15.1 Å². The molecule has 2 rings (SSSR count). The third kappa shape index (κ3) is 4.97. The summed E-state index contributed by atoms with van der Waals surface area (Å²) in [6.07, 6.45) is -3.30. The van der Waals surface area contributed by atoms with Crippen molar-refractivity contribution in [1.29, 1.82) is 0 Å². The minimum absolute atomic E-state index is 0. The first-order chi connectivity index (χ1) is 10.8. The van der Waals surface area contributed by atoms with E-state index in [0.29, 0.717) is 24.3 Å². The summed E-state index contributed by atoms with van der Waals surface area (Å²) >= 11 is 0. The predicted octanol–water partition coefficient (Wildman–Crippen LogP) is 2.64. The van der Waals surface area contributed by atoms with Gasteiger partial charge < -0.3 is 11.1 Å². The van der Waals surface area contributed by atoms with E-state index in [1.165, 1.54) is 12.3 Å². The molecule has 0 spiro atoms. The Hall–Kier alpha value is -2.06. The lowest BCUT2D eigenvalue weighted by Gasteiger charge is -2.11. The quantitative estimate of drug-likeness (QED) is 0.858. The molecule has 132 valence electrons. The van der Waals surface area contributed by atoms with Crippen LogP contribution in [0.3, 0.4) is 0 Å². The average molecular weight is 363 g/mol. The van der Waals surface area contributed by atoms with E-state index < -0.39 is 11.9 Å². The number of benzene rings is 1. The molecule has 0 saturated carbocycles. The van der Waals surface area contributed by atoms with Gasteiger partial charge in [-0.25, -0.2) is 4.68 Å². The molecule has 0 aliphatic heterocycles. The summed E-state index contributed by atoms with van der Waals surface area (Å²) in [5, 5.41) is 6.21. The zero-order valence-electron chi connectivity index (χ0n) is 12.9. The molecule has 1 aromatic heterocycles. The Morgan fingerprint density at radius 3 is 2.67 bits per heavy atom. The van der Waals surface area contributed by atoms with E-state index in [1.54, 1.807) is 18.2 Å². The fourth-order valence-electron chi connectivity index (χ4n) is 1.86. The summed E-state index contributed by atoms with van der Waals surface area (Å²) in [6, 6.07) is 7.11. The Labute approximate surface area is 143 Å². The monoisotopic (exact) mass is 362 g/mol. The smallest absolute Gasteiger partial charge is 0.352 e. The van der Waals surface area contributed by atoms with Gasteiger partial charge in [0.1, 0.15) is 0 Å². The third-order valence-corrected chi connectivity index (χ3v) is 3.27. The number of alkyl halides is 3. The van der Waals surface area contributed by atoms with Gasteiger partial charge >= 0.3 is 6.18 Å². The molecule has 0 bridgehead atoms. The Bertz CT molecular complexity index is 687. The summed E-state index contributed by atoms with van der Waals surface area (Å²) in [5.74, 6) is -0.169. The Morgan fingerprint density at radius 1 is 1.38 bits per heavy atom. The number of hydrogen-bond acceptors (Lipinski definition) is 3. The van der Waals surface area contributed by atoms with Crippen LogP contribution in [0.5, 0.6) is 0 Å². The number of aromatic nitrogens is 2. The lowest BCUT2D eigenvalue weighted by molar-refractivity contribution is -0.141. The number of halogens is 4. The first-order valence-electron chi connectivity index (χ1n) is 7.03. The van der Waals surface area contributed by atoms with Crippen LogP contribution in [0.2, 0.25) is 0 Å². The van der Waals surface area contributed by atoms with Crippen LogP contribution in [-0.4, -0.2) is 28.8 Å². The largest absolute Gasteiger partial charge is 0.435 e. The van der Waals surface area contributed by atoms with Crippen molar-refractivity contribution < 1.29 is 18.0 Å². The highest BCUT2D eigenvalue weighted by Crippen LogP contribution is 2.27. The number of rotatable bonds is 5. The van der Waals surface area contributed by atoms with Crippen LogP contribution >= 0.6 is 12.4 Å². The Kier molecular flexibility index (Phi) is 6.80. The summed E-state index contributed by atoms with van der Waals surface area (Å²) in [4.78, 5) is 12.1. The molecular formula is C15H18ClF3N4O. The normalized spacial score (nSPS) is 12.4. The van der Waals surface area contributed by atoms with Crippen LogP contribution in [0, 0.1) is 5.92 Å². The second kappa shape index (κ2) is 8.16. The fourth-order valence-corrected chi connectivity index (χ4v) is 1.86. The third-order valence-electron chi connectivity index (χ3n) is 3.27. The summed E-state index contributed by atoms with van der Waals surface area (Å²) in [5.41, 5.74) is 5.22. The number of amides is 1. The van der Waals surface area contributed by atoms with E-state index in [4.69, 9.17) is 5.73 Å². The lowest BCUT2D eigenvalue weighted by atomic mass is 10.1. The molecule has 1 heterocycles. The number of carbonyl (C=O) groups is 1. The minimum Gasteiger partial charge on any atom is -0.352 e. The van der Waals surface area contributed by atoms with Gasteiger partial charge in [0.05, 0.1) is 5.69 Å². The highest BCUT2D eigenvalue weighted by molar-refractivity contribution is 5.94. The van der Waals surface area contributed by atoms with Crippen LogP contribution in [0.25, 0.3) is 5.69 Å². The minimum atomic E-state index is -4.50. The average Bonchev–Trinajstić information content (AvgIpc) is 3.02. The molecule has 0 aliphatic rings. The highest BCUT2D eigenvalue weighted by atomic mass is 35.5. The van der Waals surface area contributed by atoms with Gasteiger partial charge in [0.15, 0.2) is 5.69 Å². The Morgan fingerprint density at radius 2 is 2.08 bits per heavy atom. The van der Waals surface area contributed by atoms with Crippen molar-refractivity contribution in [2.75, 3.05) is 13.1 Å². The molecule has 0 saturated heterocycles. The molecule has 5 nitrogen and oxygen atoms in total. The summed E-state index contributed by atoms with van der Waals surface area (Å²) in [6.45, 7) is 2.78. The van der Waals surface area contributed by atoms with E-state index >= 15 is 0 Å². The molecule has 2 aromatic rings. The molecule has 9 heteroatoms. The van der Waals surface area contributed by atoms with Gasteiger partial charge in [-0.3, -0.25) is 4.79 Å². The van der Waals surface area contributed by atoms with Crippen molar-refractivity contribution in [3.63, 3.8) is 0 Å². The maximum absolute atomic E-state index is 12.6. The van der Waals surface area contributed by atoms with Crippen LogP contribution in [0.4, 0.5) is 13.2 Å². The molecule has 24 heavy (non-hydrogen) atoms. The fraction of sp³-hybridized carbons (Fsp3) is 0.333. The molecule has 0 aliphatic carbocycles. The topological polar surface area (TPSA) is 72.9 Å². The number of carbonyl (C=O) groups excluding carboxylic acids is 1. The van der Waals surface area contributed by atoms with Gasteiger partial charge in [0.25, 0.3) is 5.91 Å². The molecular weight excluding hydrogens is 345 g/mol. The second-order valence-corrected chi connectivity index (χ2v) is 5.24. The number of hydrogen-bond donors (Lipinski definition) is 2. The van der Waals surface area contributed by atoms with Crippen LogP contribution < -0.4 is 11.1 Å². The first-order valence-corrected chi connectivity index (χ1v) is 7.03. The van der Waals surface area contributed by atoms with Crippen molar-refractivity contribution in [3.8, 4) is 5.69 Å². The first kappa shape index (κ1) is 20.0. The highest BCUT2D eigenvalue weighted by Gasteiger charge is 2.33. The van der Waals surface area contributed by atoms with Gasteiger partial charge in [-0.2, -0.15) is 18.3 Å². The SMILES string of the molecule is CC(CN)CNC(=O)c1cccc(-n2ccc(C(F)(F)F)n2)c1.Cl. The standard InChI is InChI=1S/C15H17F3N4O.ClH/c1-10(8-19)9-20-14(23)11-3-2-4-12(7-11)22-6-5-13(21-22)15(16,17)18;/h2-7,10H,8-9,19H2,1H3,(H,20,23);1H. The summed E-state index contributed by atoms with van der Waals surface area (Å²) < 4.78 is 38.8. The van der Waals surface area contributed by atoms with E-state index in [9.17, 15) is 18.0 Å². The van der Waals surface area contributed by atoms with Crippen LogP contribution in [-0.2, 0) is 6.18 Å². The molecule has 1 atom stereocenters. The second-order valence-electron chi connectivity index (χ2n) is 5.24. The molecule has 0 fully saturated rings. The predicted molar refractivity (Wildman–Crippen MR) is 86.4 cm³/mol. The van der Waals surface area contributed by atoms with E-state index in [1.807, 2.05) is 6.92 Å². The maximum Gasteiger partial charge on any atom is 0.435 e. The molecule has 0 radical (unpaired) electrons. The molecule has 1 unspecified atom stereocenters. The van der Waals surface area contributed by atoms with Gasteiger partial charge in [0.2, 0.25) is 0 Å². The summed E-state index contributed by atoms with van der Waals surface area (Å²) in [7, 11) is 0. The number of nitrogens with one attached hydrogen (secondary N) is 1.